The van der Waals surface area contributed by atoms with Gasteiger partial charge in [0.05, 0.1) is 6.54 Å². The number of rotatable bonds is 4. The van der Waals surface area contributed by atoms with Crippen LogP contribution in [0.25, 0.3) is 0 Å². The van der Waals surface area contributed by atoms with E-state index in [-0.39, 0.29) is 5.91 Å². The Morgan fingerprint density at radius 3 is 2.80 bits per heavy atom. The van der Waals surface area contributed by atoms with Gasteiger partial charge >= 0.3 is 0 Å². The zero-order valence-electron chi connectivity index (χ0n) is 10.8. The Morgan fingerprint density at radius 1 is 1.35 bits per heavy atom. The van der Waals surface area contributed by atoms with Gasteiger partial charge in [0.15, 0.2) is 6.33 Å². The largest absolute Gasteiger partial charge is 0.352 e. The Kier molecular flexibility index (Phi) is 4.87. The third kappa shape index (κ3) is 3.93. The number of nitrogens with zero attached hydrogens (tertiary/aromatic N) is 2. The molecule has 2 aromatic rings. The second-order valence-corrected chi connectivity index (χ2v) is 3.92. The number of aromatic nitrogens is 2. The number of carbonyl (C=O) groups is 1. The molecule has 0 fully saturated rings. The molecule has 102 valence electrons. The topological polar surface area (TPSA) is 94.0 Å². The predicted octanol–water partition coefficient (Wildman–Crippen LogP) is 0.352. The maximum absolute atomic E-state index is 11.9. The molecule has 0 unspecified atom stereocenters. The summed E-state index contributed by atoms with van der Waals surface area (Å²) >= 11 is 0. The second-order valence-electron chi connectivity index (χ2n) is 3.92. The first kappa shape index (κ1) is 13.8. The molecule has 0 bridgehead atoms. The van der Waals surface area contributed by atoms with Crippen LogP contribution in [-0.4, -0.2) is 29.1 Å². The number of nitrogens with one attached hydrogen (secondary N) is 1. The fraction of sp³-hybridized carbons (Fsp3) is 0.214. The van der Waals surface area contributed by atoms with E-state index in [0.29, 0.717) is 31.0 Å². The van der Waals surface area contributed by atoms with Crippen molar-refractivity contribution in [2.75, 3.05) is 13.1 Å². The van der Waals surface area contributed by atoms with Crippen LogP contribution >= 0.6 is 0 Å². The van der Waals surface area contributed by atoms with Crippen molar-refractivity contribution in [2.24, 2.45) is 5.73 Å². The summed E-state index contributed by atoms with van der Waals surface area (Å²) in [6.45, 7) is 0.758. The lowest BCUT2D eigenvalue weighted by molar-refractivity contribution is 0.0953. The molecule has 0 aliphatic heterocycles. The number of hydrogen-bond acceptors (Lipinski definition) is 5. The summed E-state index contributed by atoms with van der Waals surface area (Å²) in [5.41, 5.74) is 6.70. The summed E-state index contributed by atoms with van der Waals surface area (Å²) in [6, 6.07) is 7.02. The third-order valence-electron chi connectivity index (χ3n) is 2.51. The monoisotopic (exact) mass is 270 g/mol. The van der Waals surface area contributed by atoms with Crippen LogP contribution in [0.4, 0.5) is 0 Å². The highest BCUT2D eigenvalue weighted by Crippen LogP contribution is 2.03. The van der Waals surface area contributed by atoms with E-state index in [1.54, 1.807) is 24.3 Å². The van der Waals surface area contributed by atoms with Gasteiger partial charge in [0.2, 0.25) is 5.89 Å². The van der Waals surface area contributed by atoms with Crippen LogP contribution in [0.15, 0.2) is 35.1 Å². The van der Waals surface area contributed by atoms with Gasteiger partial charge in [-0.15, -0.1) is 0 Å². The molecule has 0 radical (unpaired) electrons. The average Bonchev–Trinajstić information content (AvgIpc) is 2.99. The molecule has 0 aliphatic rings. The number of nitrogens with two attached hydrogens (primary N) is 1. The van der Waals surface area contributed by atoms with Gasteiger partial charge in [-0.25, -0.2) is 0 Å². The van der Waals surface area contributed by atoms with Crippen molar-refractivity contribution in [1.29, 1.82) is 0 Å². The van der Waals surface area contributed by atoms with Crippen LogP contribution in [0.1, 0.15) is 21.8 Å². The Labute approximate surface area is 116 Å². The summed E-state index contributed by atoms with van der Waals surface area (Å²) in [7, 11) is 0. The van der Waals surface area contributed by atoms with E-state index < -0.39 is 0 Å². The SMILES string of the molecule is NCC#Cc1ccc(C(=O)NCCc2ncno2)cc1. The van der Waals surface area contributed by atoms with E-state index in [0.717, 1.165) is 5.56 Å². The predicted molar refractivity (Wildman–Crippen MR) is 72.7 cm³/mol. The molecule has 20 heavy (non-hydrogen) atoms. The lowest BCUT2D eigenvalue weighted by atomic mass is 10.1. The Hall–Kier alpha value is -2.65. The molecule has 2 rings (SSSR count). The minimum absolute atomic E-state index is 0.150. The van der Waals surface area contributed by atoms with Gasteiger partial charge in [-0.2, -0.15) is 4.98 Å². The smallest absolute Gasteiger partial charge is 0.251 e. The van der Waals surface area contributed by atoms with Crippen LogP contribution in [0.2, 0.25) is 0 Å². The van der Waals surface area contributed by atoms with Gasteiger partial charge in [-0.1, -0.05) is 17.0 Å². The summed E-state index contributed by atoms with van der Waals surface area (Å²) in [5, 5.41) is 6.27. The molecule has 0 saturated carbocycles. The summed E-state index contributed by atoms with van der Waals surface area (Å²) in [5.74, 6) is 6.00. The normalized spacial score (nSPS) is 9.65. The molecule has 6 nitrogen and oxygen atoms in total. The molecule has 1 aromatic carbocycles. The van der Waals surface area contributed by atoms with Gasteiger partial charge < -0.3 is 15.6 Å². The van der Waals surface area contributed by atoms with Crippen LogP contribution < -0.4 is 11.1 Å². The molecule has 0 spiro atoms. The van der Waals surface area contributed by atoms with Crippen molar-refractivity contribution in [3.05, 3.63) is 47.6 Å². The first-order valence-electron chi connectivity index (χ1n) is 6.12. The van der Waals surface area contributed by atoms with Crippen LogP contribution in [0, 0.1) is 11.8 Å². The zero-order chi connectivity index (χ0) is 14.2. The average molecular weight is 270 g/mol. The van der Waals surface area contributed by atoms with E-state index in [2.05, 4.69) is 27.3 Å². The first-order chi connectivity index (χ1) is 9.79. The Bertz CT molecular complexity index is 609. The van der Waals surface area contributed by atoms with E-state index in [4.69, 9.17) is 10.3 Å². The van der Waals surface area contributed by atoms with Crippen molar-refractivity contribution in [2.45, 2.75) is 6.42 Å². The van der Waals surface area contributed by atoms with Gasteiger partial charge in [0.25, 0.3) is 5.91 Å². The number of benzene rings is 1. The van der Waals surface area contributed by atoms with E-state index in [1.165, 1.54) is 6.33 Å². The van der Waals surface area contributed by atoms with Gasteiger partial charge in [-0.05, 0) is 24.3 Å². The maximum atomic E-state index is 11.9. The molecular weight excluding hydrogens is 256 g/mol. The number of amides is 1. The third-order valence-corrected chi connectivity index (χ3v) is 2.51. The van der Waals surface area contributed by atoms with E-state index in [1.807, 2.05) is 0 Å². The van der Waals surface area contributed by atoms with Crippen molar-refractivity contribution < 1.29 is 9.32 Å². The lowest BCUT2D eigenvalue weighted by Crippen LogP contribution is -2.25. The molecule has 3 N–H and O–H groups in total. The minimum Gasteiger partial charge on any atom is -0.352 e. The van der Waals surface area contributed by atoms with Crippen molar-refractivity contribution >= 4 is 5.91 Å². The summed E-state index contributed by atoms with van der Waals surface area (Å²) < 4.78 is 4.84. The summed E-state index contributed by atoms with van der Waals surface area (Å²) in [6.07, 6.45) is 1.84. The van der Waals surface area contributed by atoms with E-state index in [9.17, 15) is 4.79 Å². The molecule has 0 atom stereocenters. The highest BCUT2D eigenvalue weighted by atomic mass is 16.5. The van der Waals surface area contributed by atoms with Crippen LogP contribution in [0.5, 0.6) is 0 Å². The number of carbonyl (C=O) groups excluding carboxylic acids is 1. The molecule has 1 amide bonds. The van der Waals surface area contributed by atoms with Gasteiger partial charge in [-0.3, -0.25) is 4.79 Å². The standard InChI is InChI=1S/C14H14N4O2/c15-8-1-2-11-3-5-12(6-4-11)14(19)16-9-7-13-17-10-18-20-13/h3-6,10H,7-9,15H2,(H,16,19). The Morgan fingerprint density at radius 2 is 2.15 bits per heavy atom. The van der Waals surface area contributed by atoms with Crippen molar-refractivity contribution in [1.82, 2.24) is 15.5 Å². The molecule has 1 aromatic heterocycles. The van der Waals surface area contributed by atoms with Crippen LogP contribution in [-0.2, 0) is 6.42 Å². The highest BCUT2D eigenvalue weighted by Gasteiger charge is 2.05. The van der Waals surface area contributed by atoms with Gasteiger partial charge in [0, 0.05) is 24.1 Å². The first-order valence-corrected chi connectivity index (χ1v) is 6.12. The highest BCUT2D eigenvalue weighted by molar-refractivity contribution is 5.94. The maximum Gasteiger partial charge on any atom is 0.251 e. The van der Waals surface area contributed by atoms with Crippen molar-refractivity contribution in [3.63, 3.8) is 0 Å². The molecule has 1 heterocycles. The van der Waals surface area contributed by atoms with Gasteiger partial charge in [0.1, 0.15) is 0 Å². The zero-order valence-corrected chi connectivity index (χ0v) is 10.8. The van der Waals surface area contributed by atoms with E-state index >= 15 is 0 Å². The number of hydrogen-bond donors (Lipinski definition) is 2. The molecule has 0 aliphatic carbocycles. The second kappa shape index (κ2) is 7.07. The fourth-order valence-electron chi connectivity index (χ4n) is 1.55. The molecule has 6 heteroatoms. The fourth-order valence-corrected chi connectivity index (χ4v) is 1.55. The quantitative estimate of drug-likeness (QED) is 0.782. The van der Waals surface area contributed by atoms with Crippen LogP contribution in [0.3, 0.4) is 0 Å². The molecular formula is C14H14N4O2. The minimum atomic E-state index is -0.150. The lowest BCUT2D eigenvalue weighted by Gasteiger charge is -2.03. The molecule has 0 saturated heterocycles. The summed E-state index contributed by atoms with van der Waals surface area (Å²) in [4.78, 5) is 15.7. The Balaban J connectivity index is 1.85. The van der Waals surface area contributed by atoms with Crippen molar-refractivity contribution in [3.8, 4) is 11.8 Å².